The molecule has 0 saturated carbocycles. The zero-order valence-electron chi connectivity index (χ0n) is 20.7. The highest BCUT2D eigenvalue weighted by molar-refractivity contribution is 5.97. The van der Waals surface area contributed by atoms with Crippen molar-refractivity contribution >= 4 is 17.4 Å². The summed E-state index contributed by atoms with van der Waals surface area (Å²) >= 11 is 0. The number of rotatable bonds is 6. The van der Waals surface area contributed by atoms with Gasteiger partial charge in [0.1, 0.15) is 17.4 Å². The van der Waals surface area contributed by atoms with Crippen LogP contribution in [0.25, 0.3) is 5.57 Å². The van der Waals surface area contributed by atoms with Crippen molar-refractivity contribution < 1.29 is 19.4 Å². The second-order valence-electron chi connectivity index (χ2n) is 9.58. The van der Waals surface area contributed by atoms with Gasteiger partial charge in [-0.2, -0.15) is 0 Å². The van der Waals surface area contributed by atoms with Crippen molar-refractivity contribution in [3.05, 3.63) is 59.6 Å². The molecule has 0 fully saturated rings. The standard InChI is InChI=1S/C27H34N4O4/c1-18-15-31(19(2)17-32)26(33)22-13-21(20-9-5-4-6-10-20)14-29-25(22)35-24(18)16-30(3)27(34)23-11-7-8-12-28-23/h7-9,11-14,18-19,24,32H,4-6,10,15-17H2,1-3H3/t18-,19+,24-/m1/s1. The Morgan fingerprint density at radius 2 is 2.14 bits per heavy atom. The van der Waals surface area contributed by atoms with Crippen molar-refractivity contribution in [1.29, 1.82) is 0 Å². The maximum Gasteiger partial charge on any atom is 0.272 e. The van der Waals surface area contributed by atoms with Crippen LogP contribution in [0.15, 0.2) is 42.7 Å². The van der Waals surface area contributed by atoms with Crippen LogP contribution < -0.4 is 4.74 Å². The van der Waals surface area contributed by atoms with Crippen LogP contribution in [0.4, 0.5) is 0 Å². The summed E-state index contributed by atoms with van der Waals surface area (Å²) in [6.07, 6.45) is 9.48. The Balaban J connectivity index is 1.66. The fourth-order valence-corrected chi connectivity index (χ4v) is 4.63. The van der Waals surface area contributed by atoms with Gasteiger partial charge in [-0.15, -0.1) is 0 Å². The molecule has 35 heavy (non-hydrogen) atoms. The molecule has 2 aromatic heterocycles. The van der Waals surface area contributed by atoms with Crippen molar-refractivity contribution in [1.82, 2.24) is 19.8 Å². The van der Waals surface area contributed by atoms with Crippen LogP contribution in [-0.4, -0.2) is 75.6 Å². The van der Waals surface area contributed by atoms with Gasteiger partial charge in [-0.1, -0.05) is 19.1 Å². The lowest BCUT2D eigenvalue weighted by Crippen LogP contribution is -2.50. The molecule has 0 unspecified atom stereocenters. The third-order valence-electron chi connectivity index (χ3n) is 6.87. The first-order valence-corrected chi connectivity index (χ1v) is 12.3. The molecule has 186 valence electrons. The Kier molecular flexibility index (Phi) is 7.80. The average Bonchev–Trinajstić information content (AvgIpc) is 2.90. The van der Waals surface area contributed by atoms with E-state index in [0.29, 0.717) is 24.3 Å². The largest absolute Gasteiger partial charge is 0.472 e. The number of fused-ring (bicyclic) bond motifs is 1. The average molecular weight is 479 g/mol. The highest BCUT2D eigenvalue weighted by atomic mass is 16.5. The van der Waals surface area contributed by atoms with Crippen molar-refractivity contribution in [3.8, 4) is 5.88 Å². The maximum atomic E-state index is 13.6. The molecular weight excluding hydrogens is 444 g/mol. The van der Waals surface area contributed by atoms with Crippen LogP contribution in [0.5, 0.6) is 5.88 Å². The molecule has 2 amide bonds. The number of nitrogens with zero attached hydrogens (tertiary/aromatic N) is 4. The Hall–Kier alpha value is -3.26. The molecule has 3 atom stereocenters. The van der Waals surface area contributed by atoms with Gasteiger partial charge < -0.3 is 19.6 Å². The minimum absolute atomic E-state index is 0.109. The monoisotopic (exact) mass is 478 g/mol. The third kappa shape index (κ3) is 5.53. The zero-order chi connectivity index (χ0) is 24.9. The Labute approximate surface area is 206 Å². The van der Waals surface area contributed by atoms with Crippen LogP contribution in [0.2, 0.25) is 0 Å². The molecule has 3 heterocycles. The first-order chi connectivity index (χ1) is 16.9. The molecule has 8 heteroatoms. The number of amides is 2. The number of aliphatic hydroxyl groups is 1. The number of likely N-dealkylation sites (N-methyl/N-ethyl adjacent to an activating group) is 1. The van der Waals surface area contributed by atoms with Crippen molar-refractivity contribution in [2.75, 3.05) is 26.7 Å². The van der Waals surface area contributed by atoms with Crippen LogP contribution in [-0.2, 0) is 0 Å². The summed E-state index contributed by atoms with van der Waals surface area (Å²) in [6.45, 7) is 4.37. The van der Waals surface area contributed by atoms with E-state index in [1.54, 1.807) is 47.4 Å². The van der Waals surface area contributed by atoms with Gasteiger partial charge in [0, 0.05) is 31.9 Å². The number of hydrogen-bond acceptors (Lipinski definition) is 6. The zero-order valence-corrected chi connectivity index (χ0v) is 20.7. The molecule has 0 aromatic carbocycles. The molecule has 1 aliphatic heterocycles. The van der Waals surface area contributed by atoms with Crippen molar-refractivity contribution in [2.45, 2.75) is 51.7 Å². The Bertz CT molecular complexity index is 1090. The molecule has 1 N–H and O–H groups in total. The highest BCUT2D eigenvalue weighted by Crippen LogP contribution is 2.32. The Morgan fingerprint density at radius 1 is 1.31 bits per heavy atom. The van der Waals surface area contributed by atoms with Crippen LogP contribution in [0.1, 0.15) is 65.9 Å². The molecule has 0 spiro atoms. The summed E-state index contributed by atoms with van der Waals surface area (Å²) in [7, 11) is 1.72. The molecule has 4 rings (SSSR count). The molecule has 0 radical (unpaired) electrons. The van der Waals surface area contributed by atoms with E-state index in [1.165, 1.54) is 12.0 Å². The number of hydrogen-bond donors (Lipinski definition) is 1. The number of carbonyl (C=O) groups excluding carboxylic acids is 2. The fraction of sp³-hybridized carbons (Fsp3) is 0.481. The number of carbonyl (C=O) groups is 2. The lowest BCUT2D eigenvalue weighted by atomic mass is 9.93. The van der Waals surface area contributed by atoms with E-state index in [1.807, 2.05) is 19.9 Å². The smallest absolute Gasteiger partial charge is 0.272 e. The lowest BCUT2D eigenvalue weighted by molar-refractivity contribution is 0.0312. The van der Waals surface area contributed by atoms with E-state index in [0.717, 1.165) is 24.8 Å². The number of pyridine rings is 2. The minimum atomic E-state index is -0.403. The SMILES string of the molecule is C[C@@H]1CN([C@@H](C)CO)C(=O)c2cc(C3=CCCCC3)cnc2O[C@@H]1CN(C)C(=O)c1ccccn1. The third-order valence-corrected chi connectivity index (χ3v) is 6.87. The fourth-order valence-electron chi connectivity index (χ4n) is 4.63. The summed E-state index contributed by atoms with van der Waals surface area (Å²) in [5.41, 5.74) is 2.89. The summed E-state index contributed by atoms with van der Waals surface area (Å²) < 4.78 is 6.33. The van der Waals surface area contributed by atoms with Gasteiger partial charge in [0.05, 0.1) is 19.2 Å². The lowest BCUT2D eigenvalue weighted by Gasteiger charge is -2.37. The molecule has 2 aromatic rings. The maximum absolute atomic E-state index is 13.6. The summed E-state index contributed by atoms with van der Waals surface area (Å²) in [6, 6.07) is 6.74. The highest BCUT2D eigenvalue weighted by Gasteiger charge is 2.35. The summed E-state index contributed by atoms with van der Waals surface area (Å²) in [4.78, 5) is 38.5. The second kappa shape index (κ2) is 11.0. The number of ether oxygens (including phenoxy) is 1. The normalized spacial score (nSPS) is 21.2. The summed E-state index contributed by atoms with van der Waals surface area (Å²) in [5, 5.41) is 9.86. The predicted octanol–water partition coefficient (Wildman–Crippen LogP) is 3.43. The van der Waals surface area contributed by atoms with Crippen LogP contribution >= 0.6 is 0 Å². The van der Waals surface area contributed by atoms with E-state index >= 15 is 0 Å². The molecule has 8 nitrogen and oxygen atoms in total. The predicted molar refractivity (Wildman–Crippen MR) is 133 cm³/mol. The van der Waals surface area contributed by atoms with E-state index in [2.05, 4.69) is 16.0 Å². The second-order valence-corrected chi connectivity index (χ2v) is 9.58. The first kappa shape index (κ1) is 24.9. The quantitative estimate of drug-likeness (QED) is 0.684. The minimum Gasteiger partial charge on any atom is -0.472 e. The van der Waals surface area contributed by atoms with Gasteiger partial charge in [-0.3, -0.25) is 14.6 Å². The van der Waals surface area contributed by atoms with Crippen LogP contribution in [0, 0.1) is 5.92 Å². The van der Waals surface area contributed by atoms with Gasteiger partial charge in [0.25, 0.3) is 11.8 Å². The molecular formula is C27H34N4O4. The van der Waals surface area contributed by atoms with Gasteiger partial charge in [-0.05, 0) is 61.9 Å². The number of allylic oxidation sites excluding steroid dienone is 2. The van der Waals surface area contributed by atoms with Gasteiger partial charge in [0.15, 0.2) is 0 Å². The van der Waals surface area contributed by atoms with Crippen LogP contribution in [0.3, 0.4) is 0 Å². The first-order valence-electron chi connectivity index (χ1n) is 12.3. The van der Waals surface area contributed by atoms with Crippen molar-refractivity contribution in [2.24, 2.45) is 5.92 Å². The van der Waals surface area contributed by atoms with Gasteiger partial charge in [-0.25, -0.2) is 4.98 Å². The molecule has 0 bridgehead atoms. The summed E-state index contributed by atoms with van der Waals surface area (Å²) in [5.74, 6) is -0.244. The molecule has 2 aliphatic rings. The topological polar surface area (TPSA) is 95.9 Å². The Morgan fingerprint density at radius 3 is 2.83 bits per heavy atom. The number of aliphatic hydroxyl groups excluding tert-OH is 1. The van der Waals surface area contributed by atoms with E-state index in [9.17, 15) is 14.7 Å². The molecule has 0 saturated heterocycles. The van der Waals surface area contributed by atoms with Gasteiger partial charge in [0.2, 0.25) is 5.88 Å². The van der Waals surface area contributed by atoms with Gasteiger partial charge >= 0.3 is 0 Å². The van der Waals surface area contributed by atoms with Crippen molar-refractivity contribution in [3.63, 3.8) is 0 Å². The number of aromatic nitrogens is 2. The van der Waals surface area contributed by atoms with E-state index in [-0.39, 0.29) is 36.3 Å². The molecule has 1 aliphatic carbocycles. The van der Waals surface area contributed by atoms with E-state index in [4.69, 9.17) is 4.74 Å². The van der Waals surface area contributed by atoms with E-state index < -0.39 is 6.10 Å².